The summed E-state index contributed by atoms with van der Waals surface area (Å²) in [6, 6.07) is 6.27. The van der Waals surface area contributed by atoms with E-state index >= 15 is 0 Å². The molecule has 1 amide bonds. The lowest BCUT2D eigenvalue weighted by Crippen LogP contribution is -2.56. The third-order valence-corrected chi connectivity index (χ3v) is 7.50. The van der Waals surface area contributed by atoms with Crippen molar-refractivity contribution in [3.05, 3.63) is 88.6 Å². The normalized spacial score (nSPS) is 27.9. The Balaban J connectivity index is 1.58. The van der Waals surface area contributed by atoms with Gasteiger partial charge in [-0.15, -0.1) is 0 Å². The second-order valence-corrected chi connectivity index (χ2v) is 11.3. The van der Waals surface area contributed by atoms with Gasteiger partial charge in [-0.3, -0.25) is 4.79 Å². The molecule has 216 valence electrons. The Morgan fingerprint density at radius 2 is 1.68 bits per heavy atom. The van der Waals surface area contributed by atoms with E-state index < -0.39 is 36.5 Å². The number of amides is 1. The molecule has 1 aliphatic carbocycles. The first-order valence-corrected chi connectivity index (χ1v) is 13.5. The third-order valence-electron chi connectivity index (χ3n) is 7.50. The molecule has 40 heavy (non-hydrogen) atoms. The van der Waals surface area contributed by atoms with E-state index in [4.69, 9.17) is 4.74 Å². The smallest absolute Gasteiger partial charge is 0.335 e. The van der Waals surface area contributed by atoms with E-state index in [0.29, 0.717) is 11.3 Å². The van der Waals surface area contributed by atoms with Crippen molar-refractivity contribution in [2.45, 2.75) is 84.4 Å². The van der Waals surface area contributed by atoms with Gasteiger partial charge in [-0.2, -0.15) is 0 Å². The van der Waals surface area contributed by atoms with Crippen LogP contribution in [-0.2, 0) is 14.3 Å². The van der Waals surface area contributed by atoms with Gasteiger partial charge in [0.1, 0.15) is 24.4 Å². The molecule has 2 aliphatic rings. The number of nitrogens with one attached hydrogen (secondary N) is 1. The lowest BCUT2D eigenvalue weighted by atomic mass is 9.72. The molecule has 0 unspecified atom stereocenters. The van der Waals surface area contributed by atoms with Crippen LogP contribution in [0.5, 0.6) is 0 Å². The molecule has 5 N–H and O–H groups in total. The first-order valence-electron chi connectivity index (χ1n) is 13.5. The Kier molecular flexibility index (Phi) is 10.4. The average molecular weight is 552 g/mol. The zero-order valence-electron chi connectivity index (χ0n) is 23.8. The van der Waals surface area contributed by atoms with Crippen LogP contribution in [0.2, 0.25) is 0 Å². The molecule has 8 heteroatoms. The van der Waals surface area contributed by atoms with Crippen LogP contribution in [0, 0.1) is 5.41 Å². The molecule has 1 fully saturated rings. The maximum Gasteiger partial charge on any atom is 0.335 e. The molecule has 5 atom stereocenters. The van der Waals surface area contributed by atoms with Gasteiger partial charge in [0.05, 0.1) is 0 Å². The summed E-state index contributed by atoms with van der Waals surface area (Å²) < 4.78 is 5.34. The van der Waals surface area contributed by atoms with Crippen LogP contribution in [0.4, 0.5) is 5.69 Å². The molecule has 0 bridgehead atoms. The van der Waals surface area contributed by atoms with E-state index in [1.54, 1.807) is 24.3 Å². The molecule has 1 aromatic carbocycles. The van der Waals surface area contributed by atoms with Gasteiger partial charge in [-0.1, -0.05) is 67.5 Å². The number of hydrogen-bond donors (Lipinski definition) is 5. The van der Waals surface area contributed by atoms with Gasteiger partial charge in [0, 0.05) is 11.8 Å². The number of allylic oxidation sites excluding steroid dienone is 9. The zero-order valence-corrected chi connectivity index (χ0v) is 23.8. The predicted octanol–water partition coefficient (Wildman–Crippen LogP) is 4.76. The van der Waals surface area contributed by atoms with E-state index in [0.717, 1.165) is 17.6 Å². The number of carboxylic acids is 1. The van der Waals surface area contributed by atoms with Gasteiger partial charge in [-0.25, -0.2) is 4.79 Å². The van der Waals surface area contributed by atoms with Gasteiger partial charge in [0.15, 0.2) is 6.10 Å². The first-order chi connectivity index (χ1) is 18.8. The quantitative estimate of drug-likeness (QED) is 0.232. The highest BCUT2D eigenvalue weighted by atomic mass is 16.6. The van der Waals surface area contributed by atoms with Gasteiger partial charge < -0.3 is 30.5 Å². The number of ether oxygens (including phenoxy) is 1. The van der Waals surface area contributed by atoms with Crippen molar-refractivity contribution in [2.75, 3.05) is 5.32 Å². The summed E-state index contributed by atoms with van der Waals surface area (Å²) in [4.78, 5) is 23.8. The van der Waals surface area contributed by atoms with Crippen LogP contribution >= 0.6 is 0 Å². The maximum absolute atomic E-state index is 12.5. The minimum Gasteiger partial charge on any atom is -0.479 e. The van der Waals surface area contributed by atoms with Crippen molar-refractivity contribution >= 4 is 17.6 Å². The molecule has 1 heterocycles. The van der Waals surface area contributed by atoms with E-state index in [-0.39, 0.29) is 11.3 Å². The number of carbonyl (C=O) groups excluding carboxylic acids is 1. The van der Waals surface area contributed by atoms with Gasteiger partial charge >= 0.3 is 5.97 Å². The molecule has 1 aliphatic heterocycles. The SMILES string of the molecule is CC1=C(/C=C/C(C)=C/C=C/C(C)=C/C(=O)Nc2ccc([C@@H]3O[C@H](C(=O)O)[C@@H](O)[C@H](O)[C@H]3O)cc2)C(C)(C)CCC1. The Labute approximate surface area is 236 Å². The van der Waals surface area contributed by atoms with Crippen LogP contribution in [0.3, 0.4) is 0 Å². The van der Waals surface area contributed by atoms with Crippen molar-refractivity contribution < 1.29 is 34.8 Å². The topological polar surface area (TPSA) is 136 Å². The summed E-state index contributed by atoms with van der Waals surface area (Å²) in [5.74, 6) is -1.77. The van der Waals surface area contributed by atoms with Crippen molar-refractivity contribution in [3.8, 4) is 0 Å². The maximum atomic E-state index is 12.5. The summed E-state index contributed by atoms with van der Waals surface area (Å²) in [5, 5.41) is 42.2. The second-order valence-electron chi connectivity index (χ2n) is 11.3. The minimum atomic E-state index is -1.75. The number of aliphatic hydroxyl groups excluding tert-OH is 3. The highest BCUT2D eigenvalue weighted by Crippen LogP contribution is 2.40. The molecule has 3 rings (SSSR count). The summed E-state index contributed by atoms with van der Waals surface area (Å²) in [7, 11) is 0. The standard InChI is InChI=1S/C32H41NO7/c1-19(11-16-24-21(3)10-7-17-32(24,4)5)8-6-9-20(2)18-25(34)33-23-14-12-22(13-15-23)29-27(36)26(35)28(37)30(40-29)31(38)39/h6,8-9,11-16,18,26-30,35-37H,7,10,17H2,1-5H3,(H,33,34)(H,38,39)/b9-6+,16-11+,19-8+,20-18+/t26-,27-,28+,29+,30+/m1/s1. The Morgan fingerprint density at radius 1 is 1.00 bits per heavy atom. The number of benzene rings is 1. The molecular weight excluding hydrogens is 510 g/mol. The molecule has 0 spiro atoms. The van der Waals surface area contributed by atoms with Gasteiger partial charge in [0.25, 0.3) is 0 Å². The summed E-state index contributed by atoms with van der Waals surface area (Å²) >= 11 is 0. The van der Waals surface area contributed by atoms with E-state index in [9.17, 15) is 30.0 Å². The highest BCUT2D eigenvalue weighted by molar-refractivity contribution is 6.00. The molecule has 1 saturated heterocycles. The Morgan fingerprint density at radius 3 is 2.30 bits per heavy atom. The predicted molar refractivity (Wildman–Crippen MR) is 154 cm³/mol. The van der Waals surface area contributed by atoms with Gasteiger partial charge in [0.2, 0.25) is 5.91 Å². The molecule has 0 saturated carbocycles. The van der Waals surface area contributed by atoms with E-state index in [1.165, 1.54) is 30.1 Å². The summed E-state index contributed by atoms with van der Waals surface area (Å²) in [6.45, 7) is 10.7. The van der Waals surface area contributed by atoms with Crippen molar-refractivity contribution in [3.63, 3.8) is 0 Å². The summed E-state index contributed by atoms with van der Waals surface area (Å²) in [6.07, 6.45) is 7.42. The fourth-order valence-electron chi connectivity index (χ4n) is 5.18. The molecular formula is C32H41NO7. The van der Waals surface area contributed by atoms with Crippen LogP contribution in [0.15, 0.2) is 83.0 Å². The third kappa shape index (κ3) is 7.88. The molecule has 8 nitrogen and oxygen atoms in total. The number of rotatable bonds is 8. The number of carboxylic acid groups (broad SMARTS) is 1. The highest BCUT2D eigenvalue weighted by Gasteiger charge is 2.47. The second kappa shape index (κ2) is 13.4. The first kappa shape index (κ1) is 31.2. The van der Waals surface area contributed by atoms with E-state index in [2.05, 4.69) is 38.2 Å². The molecule has 1 aromatic rings. The Bertz CT molecular complexity index is 1240. The van der Waals surface area contributed by atoms with E-state index in [1.807, 2.05) is 32.1 Å². The van der Waals surface area contributed by atoms with Crippen LogP contribution in [-0.4, -0.2) is 56.7 Å². The molecule has 0 radical (unpaired) electrons. The number of carbonyl (C=O) groups is 2. The molecule has 0 aromatic heterocycles. The number of hydrogen-bond acceptors (Lipinski definition) is 6. The Hall–Kier alpha value is -3.30. The van der Waals surface area contributed by atoms with Crippen LogP contribution < -0.4 is 5.32 Å². The minimum absolute atomic E-state index is 0.197. The fourth-order valence-corrected chi connectivity index (χ4v) is 5.18. The fraction of sp³-hybridized carbons (Fsp3) is 0.438. The number of aliphatic carboxylic acids is 1. The monoisotopic (exact) mass is 551 g/mol. The van der Waals surface area contributed by atoms with Crippen molar-refractivity contribution in [1.29, 1.82) is 0 Å². The number of aliphatic hydroxyl groups is 3. The number of anilines is 1. The summed E-state index contributed by atoms with van der Waals surface area (Å²) in [5.41, 5.74) is 5.83. The lowest BCUT2D eigenvalue weighted by Gasteiger charge is -2.39. The largest absolute Gasteiger partial charge is 0.479 e. The van der Waals surface area contributed by atoms with Crippen molar-refractivity contribution in [2.24, 2.45) is 5.41 Å². The van der Waals surface area contributed by atoms with Crippen LogP contribution in [0.1, 0.15) is 65.5 Å². The van der Waals surface area contributed by atoms with Gasteiger partial charge in [-0.05, 0) is 74.3 Å². The van der Waals surface area contributed by atoms with Crippen LogP contribution in [0.25, 0.3) is 0 Å². The zero-order chi connectivity index (χ0) is 29.6. The average Bonchev–Trinajstić information content (AvgIpc) is 2.87. The van der Waals surface area contributed by atoms with Crippen molar-refractivity contribution in [1.82, 2.24) is 0 Å². The lowest BCUT2D eigenvalue weighted by molar-refractivity contribution is -0.229.